The van der Waals surface area contributed by atoms with E-state index in [4.69, 9.17) is 9.47 Å². The van der Waals surface area contributed by atoms with Gasteiger partial charge in [0.15, 0.2) is 0 Å². The fraction of sp³-hybridized carbons (Fsp3) is 0.167. The van der Waals surface area contributed by atoms with Gasteiger partial charge in [0.2, 0.25) is 6.23 Å². The van der Waals surface area contributed by atoms with Crippen molar-refractivity contribution in [2.75, 3.05) is 0 Å². The van der Waals surface area contributed by atoms with E-state index in [1.165, 1.54) is 4.90 Å². The van der Waals surface area contributed by atoms with Gasteiger partial charge < -0.3 is 9.47 Å². The molecule has 4 rings (SSSR count). The molecule has 0 saturated carbocycles. The number of carbonyl (C=O) groups excluding carboxylic acids is 2. The van der Waals surface area contributed by atoms with Crippen molar-refractivity contribution in [3.63, 3.8) is 0 Å². The molecule has 5 heteroatoms. The molecule has 1 heterocycles. The molecule has 0 aromatic heterocycles. The van der Waals surface area contributed by atoms with Gasteiger partial charge in [0.25, 0.3) is 0 Å². The van der Waals surface area contributed by atoms with Crippen LogP contribution in [0.5, 0.6) is 0 Å². The summed E-state index contributed by atoms with van der Waals surface area (Å²) in [5, 5.41) is 0. The van der Waals surface area contributed by atoms with Gasteiger partial charge in [-0.05, 0) is 11.1 Å². The van der Waals surface area contributed by atoms with E-state index >= 15 is 0 Å². The largest absolute Gasteiger partial charge is 0.444 e. The summed E-state index contributed by atoms with van der Waals surface area (Å²) in [6.07, 6.45) is -1.01. The molecule has 3 aromatic carbocycles. The fourth-order valence-electron chi connectivity index (χ4n) is 3.40. The Hall–Kier alpha value is -3.60. The summed E-state index contributed by atoms with van der Waals surface area (Å²) in [6, 6.07) is 27.5. The lowest BCUT2D eigenvalue weighted by molar-refractivity contribution is -0.142. The van der Waals surface area contributed by atoms with E-state index in [0.29, 0.717) is 6.42 Å². The number of hydrogen-bond donors (Lipinski definition) is 0. The maximum atomic E-state index is 13.0. The lowest BCUT2D eigenvalue weighted by Gasteiger charge is -2.25. The summed E-state index contributed by atoms with van der Waals surface area (Å²) in [4.78, 5) is 27.1. The molecule has 0 radical (unpaired) electrons. The Morgan fingerprint density at radius 3 is 2.00 bits per heavy atom. The molecule has 0 unspecified atom stereocenters. The average Bonchev–Trinajstić information content (AvgIpc) is 3.10. The van der Waals surface area contributed by atoms with Crippen LogP contribution in [-0.2, 0) is 27.3 Å². The van der Waals surface area contributed by atoms with E-state index in [1.54, 1.807) is 0 Å². The quantitative estimate of drug-likeness (QED) is 0.605. The zero-order valence-electron chi connectivity index (χ0n) is 15.8. The second-order valence-corrected chi connectivity index (χ2v) is 6.85. The first-order valence-corrected chi connectivity index (χ1v) is 9.51. The summed E-state index contributed by atoms with van der Waals surface area (Å²) < 4.78 is 11.1. The van der Waals surface area contributed by atoms with Gasteiger partial charge in [-0.25, -0.2) is 9.59 Å². The van der Waals surface area contributed by atoms with Gasteiger partial charge in [-0.3, -0.25) is 4.90 Å². The third kappa shape index (κ3) is 4.29. The van der Waals surface area contributed by atoms with Gasteiger partial charge in [-0.2, -0.15) is 0 Å². The van der Waals surface area contributed by atoms with Crippen LogP contribution in [0.4, 0.5) is 4.79 Å². The van der Waals surface area contributed by atoms with Crippen molar-refractivity contribution >= 4 is 12.1 Å². The zero-order chi connectivity index (χ0) is 20.1. The van der Waals surface area contributed by atoms with Crippen LogP contribution in [0.25, 0.3) is 0 Å². The number of ether oxygens (including phenoxy) is 2. The zero-order valence-corrected chi connectivity index (χ0v) is 15.8. The molecule has 2 atom stereocenters. The number of rotatable bonds is 5. The van der Waals surface area contributed by atoms with E-state index in [0.717, 1.165) is 16.7 Å². The number of nitrogens with zero attached hydrogens (tertiary/aromatic N) is 1. The molecular formula is C24H21NO4. The standard InChI is InChI=1S/C24H21NO4/c26-23-21(16-18-10-4-1-5-11-18)25(22(29-23)20-14-8-3-9-15-20)24(27)28-17-19-12-6-2-7-13-19/h1-15,21-22H,16-17H2/t21-,22+/m1/s1. The summed E-state index contributed by atoms with van der Waals surface area (Å²) in [6.45, 7) is 0.129. The molecule has 146 valence electrons. The molecule has 0 aliphatic carbocycles. The second kappa shape index (κ2) is 8.61. The van der Waals surface area contributed by atoms with Crippen molar-refractivity contribution in [3.05, 3.63) is 108 Å². The van der Waals surface area contributed by atoms with Gasteiger partial charge in [-0.1, -0.05) is 91.0 Å². The highest BCUT2D eigenvalue weighted by atomic mass is 16.6. The van der Waals surface area contributed by atoms with Crippen molar-refractivity contribution in [1.29, 1.82) is 0 Å². The molecular weight excluding hydrogens is 366 g/mol. The number of hydrogen-bond acceptors (Lipinski definition) is 4. The number of benzene rings is 3. The normalized spacial score (nSPS) is 18.3. The third-order valence-corrected chi connectivity index (χ3v) is 4.86. The Kier molecular flexibility index (Phi) is 5.56. The Balaban J connectivity index is 1.59. The van der Waals surface area contributed by atoms with Crippen molar-refractivity contribution in [2.45, 2.75) is 25.3 Å². The van der Waals surface area contributed by atoms with E-state index in [1.807, 2.05) is 91.0 Å². The Morgan fingerprint density at radius 2 is 1.38 bits per heavy atom. The minimum absolute atomic E-state index is 0.129. The van der Waals surface area contributed by atoms with Gasteiger partial charge in [0, 0.05) is 12.0 Å². The Bertz CT molecular complexity index is 960. The number of esters is 1. The van der Waals surface area contributed by atoms with Gasteiger partial charge in [0.05, 0.1) is 0 Å². The van der Waals surface area contributed by atoms with Gasteiger partial charge >= 0.3 is 12.1 Å². The van der Waals surface area contributed by atoms with Crippen LogP contribution in [-0.4, -0.2) is 23.0 Å². The summed E-state index contributed by atoms with van der Waals surface area (Å²) in [5.41, 5.74) is 2.56. The van der Waals surface area contributed by atoms with Crippen molar-refractivity contribution in [2.24, 2.45) is 0 Å². The SMILES string of the molecule is O=C1O[C@@H](c2ccccc2)N(C(=O)OCc2ccccc2)[C@@H]1Cc1ccccc1. The molecule has 1 saturated heterocycles. The van der Waals surface area contributed by atoms with Crippen LogP contribution in [0, 0.1) is 0 Å². The van der Waals surface area contributed by atoms with Crippen molar-refractivity contribution in [1.82, 2.24) is 4.90 Å². The molecule has 0 spiro atoms. The van der Waals surface area contributed by atoms with Crippen molar-refractivity contribution in [3.8, 4) is 0 Å². The number of amides is 1. The highest BCUT2D eigenvalue weighted by Gasteiger charge is 2.46. The van der Waals surface area contributed by atoms with Crippen LogP contribution < -0.4 is 0 Å². The first-order valence-electron chi connectivity index (χ1n) is 9.51. The highest BCUT2D eigenvalue weighted by Crippen LogP contribution is 2.34. The molecule has 3 aromatic rings. The molecule has 1 aliphatic rings. The Labute approximate surface area is 169 Å². The molecule has 1 amide bonds. The number of carbonyl (C=O) groups is 2. The van der Waals surface area contributed by atoms with E-state index in [2.05, 4.69) is 0 Å². The van der Waals surface area contributed by atoms with E-state index in [-0.39, 0.29) is 6.61 Å². The summed E-state index contributed by atoms with van der Waals surface area (Å²) >= 11 is 0. The predicted octanol–water partition coefficient (Wildman–Crippen LogP) is 4.49. The topological polar surface area (TPSA) is 55.8 Å². The fourth-order valence-corrected chi connectivity index (χ4v) is 3.40. The second-order valence-electron chi connectivity index (χ2n) is 6.85. The lowest BCUT2D eigenvalue weighted by atomic mass is 10.1. The van der Waals surface area contributed by atoms with E-state index < -0.39 is 24.3 Å². The smallest absolute Gasteiger partial charge is 0.414 e. The molecule has 1 fully saturated rings. The minimum Gasteiger partial charge on any atom is -0.444 e. The van der Waals surface area contributed by atoms with Crippen LogP contribution in [0.3, 0.4) is 0 Å². The van der Waals surface area contributed by atoms with E-state index in [9.17, 15) is 9.59 Å². The molecule has 29 heavy (non-hydrogen) atoms. The van der Waals surface area contributed by atoms with Crippen LogP contribution in [0.15, 0.2) is 91.0 Å². The highest BCUT2D eigenvalue weighted by molar-refractivity contribution is 5.85. The first kappa shape index (κ1) is 18.7. The van der Waals surface area contributed by atoms with Crippen molar-refractivity contribution < 1.29 is 19.1 Å². The lowest BCUT2D eigenvalue weighted by Crippen LogP contribution is -2.41. The maximum Gasteiger partial charge on any atom is 0.414 e. The first-order chi connectivity index (χ1) is 14.2. The summed E-state index contributed by atoms with van der Waals surface area (Å²) in [5.74, 6) is -0.431. The number of cyclic esters (lactones) is 1. The predicted molar refractivity (Wildman–Crippen MR) is 108 cm³/mol. The van der Waals surface area contributed by atoms with Crippen LogP contribution in [0.2, 0.25) is 0 Å². The maximum absolute atomic E-state index is 13.0. The Morgan fingerprint density at radius 1 is 0.828 bits per heavy atom. The molecule has 5 nitrogen and oxygen atoms in total. The average molecular weight is 387 g/mol. The minimum atomic E-state index is -0.805. The third-order valence-electron chi connectivity index (χ3n) is 4.86. The summed E-state index contributed by atoms with van der Waals surface area (Å²) in [7, 11) is 0. The molecule has 0 bridgehead atoms. The van der Waals surface area contributed by atoms with Crippen LogP contribution in [0.1, 0.15) is 22.9 Å². The van der Waals surface area contributed by atoms with Gasteiger partial charge in [-0.15, -0.1) is 0 Å². The monoisotopic (exact) mass is 387 g/mol. The molecule has 1 aliphatic heterocycles. The van der Waals surface area contributed by atoms with Gasteiger partial charge in [0.1, 0.15) is 12.6 Å². The van der Waals surface area contributed by atoms with Crippen LogP contribution >= 0.6 is 0 Å². The molecule has 0 N–H and O–H groups in total.